The van der Waals surface area contributed by atoms with Crippen molar-refractivity contribution in [2.45, 2.75) is 12.2 Å². The first-order chi connectivity index (χ1) is 12.0. The van der Waals surface area contributed by atoms with Gasteiger partial charge in [0.15, 0.2) is 0 Å². The maximum absolute atomic E-state index is 12.6. The van der Waals surface area contributed by atoms with Crippen molar-refractivity contribution >= 4 is 12.4 Å². The van der Waals surface area contributed by atoms with Crippen LogP contribution in [0.3, 0.4) is 0 Å². The van der Waals surface area contributed by atoms with Crippen molar-refractivity contribution in [1.29, 1.82) is 0 Å². The van der Waals surface area contributed by atoms with E-state index in [2.05, 4.69) is 10.2 Å². The van der Waals surface area contributed by atoms with Gasteiger partial charge >= 0.3 is 6.18 Å². The fourth-order valence-corrected chi connectivity index (χ4v) is 3.17. The second kappa shape index (κ2) is 8.86. The molecule has 1 heterocycles. The first kappa shape index (κ1) is 20.7. The molecule has 1 atom stereocenters. The summed E-state index contributed by atoms with van der Waals surface area (Å²) >= 11 is 0. The summed E-state index contributed by atoms with van der Waals surface area (Å²) in [6.45, 7) is 3.61. The zero-order chi connectivity index (χ0) is 17.9. The van der Waals surface area contributed by atoms with Gasteiger partial charge in [-0.2, -0.15) is 13.2 Å². The van der Waals surface area contributed by atoms with E-state index in [1.165, 1.54) is 12.1 Å². The molecule has 0 spiro atoms. The standard InChI is InChI=1S/C19H21F3N2O.ClH/c20-19(21,22)17-7-5-15(6-8-17)14-1-3-16(4-2-14)18(13-25)24-11-9-23-10-12-24;/h1-8,18,23,25H,9-13H2;1H/t18-;/m0./s1. The number of piperazine rings is 1. The third kappa shape index (κ3) is 4.76. The van der Waals surface area contributed by atoms with E-state index in [4.69, 9.17) is 0 Å². The van der Waals surface area contributed by atoms with Crippen molar-refractivity contribution in [1.82, 2.24) is 10.2 Å². The summed E-state index contributed by atoms with van der Waals surface area (Å²) in [7, 11) is 0. The van der Waals surface area contributed by atoms with Gasteiger partial charge in [-0.15, -0.1) is 12.4 Å². The molecule has 3 rings (SSSR count). The minimum atomic E-state index is -4.32. The van der Waals surface area contributed by atoms with Gasteiger partial charge in [0, 0.05) is 26.2 Å². The number of rotatable bonds is 4. The van der Waals surface area contributed by atoms with Crippen LogP contribution in [0, 0.1) is 0 Å². The van der Waals surface area contributed by atoms with E-state index in [0.29, 0.717) is 0 Å². The Morgan fingerprint density at radius 1 is 0.923 bits per heavy atom. The molecule has 1 saturated heterocycles. The van der Waals surface area contributed by atoms with Crippen LogP contribution in [0.2, 0.25) is 0 Å². The monoisotopic (exact) mass is 386 g/mol. The van der Waals surface area contributed by atoms with Gasteiger partial charge in [0.1, 0.15) is 0 Å². The minimum Gasteiger partial charge on any atom is -0.394 e. The Labute approximate surface area is 157 Å². The molecule has 0 amide bonds. The van der Waals surface area contributed by atoms with Gasteiger partial charge in [-0.05, 0) is 28.8 Å². The molecule has 0 saturated carbocycles. The van der Waals surface area contributed by atoms with Crippen LogP contribution in [-0.2, 0) is 6.18 Å². The second-order valence-electron chi connectivity index (χ2n) is 6.18. The number of nitrogens with one attached hydrogen (secondary N) is 1. The number of halogens is 4. The predicted molar refractivity (Wildman–Crippen MR) is 98.4 cm³/mol. The normalized spacial score (nSPS) is 16.8. The zero-order valence-electron chi connectivity index (χ0n) is 14.2. The van der Waals surface area contributed by atoms with E-state index in [9.17, 15) is 18.3 Å². The Balaban J connectivity index is 0.00000243. The van der Waals surface area contributed by atoms with Crippen molar-refractivity contribution in [3.63, 3.8) is 0 Å². The molecule has 0 bridgehead atoms. The van der Waals surface area contributed by atoms with Crippen LogP contribution in [0.5, 0.6) is 0 Å². The van der Waals surface area contributed by atoms with E-state index in [0.717, 1.165) is 55.0 Å². The highest BCUT2D eigenvalue weighted by molar-refractivity contribution is 5.85. The van der Waals surface area contributed by atoms with Crippen molar-refractivity contribution in [3.05, 3.63) is 59.7 Å². The minimum absolute atomic E-state index is 0. The van der Waals surface area contributed by atoms with Crippen molar-refractivity contribution in [2.75, 3.05) is 32.8 Å². The summed E-state index contributed by atoms with van der Waals surface area (Å²) in [6, 6.07) is 12.8. The van der Waals surface area contributed by atoms with Crippen molar-refractivity contribution in [2.24, 2.45) is 0 Å². The second-order valence-corrected chi connectivity index (χ2v) is 6.18. The van der Waals surface area contributed by atoms with Crippen LogP contribution in [-0.4, -0.2) is 42.8 Å². The van der Waals surface area contributed by atoms with Crippen LogP contribution >= 0.6 is 12.4 Å². The molecule has 0 aromatic heterocycles. The highest BCUT2D eigenvalue weighted by Gasteiger charge is 2.30. The largest absolute Gasteiger partial charge is 0.416 e. The molecule has 3 nitrogen and oxygen atoms in total. The Morgan fingerprint density at radius 2 is 1.42 bits per heavy atom. The summed E-state index contributed by atoms with van der Waals surface area (Å²) in [5.74, 6) is 0. The number of nitrogens with zero attached hydrogens (tertiary/aromatic N) is 1. The number of aliphatic hydroxyl groups excluding tert-OH is 1. The van der Waals surface area contributed by atoms with Crippen molar-refractivity contribution in [3.8, 4) is 11.1 Å². The van der Waals surface area contributed by atoms with E-state index in [-0.39, 0.29) is 25.1 Å². The fourth-order valence-electron chi connectivity index (χ4n) is 3.17. The molecule has 0 unspecified atom stereocenters. The molecule has 0 aliphatic carbocycles. The summed E-state index contributed by atoms with van der Waals surface area (Å²) in [4.78, 5) is 2.24. The zero-order valence-corrected chi connectivity index (χ0v) is 15.0. The Kier molecular flexibility index (Phi) is 7.06. The van der Waals surface area contributed by atoms with Crippen LogP contribution < -0.4 is 5.32 Å². The average Bonchev–Trinajstić information content (AvgIpc) is 2.63. The van der Waals surface area contributed by atoms with Gasteiger partial charge in [-0.25, -0.2) is 0 Å². The molecular formula is C19H22ClF3N2O. The highest BCUT2D eigenvalue weighted by atomic mass is 35.5. The van der Waals surface area contributed by atoms with E-state index in [1.54, 1.807) is 0 Å². The molecule has 1 aliphatic heterocycles. The lowest BCUT2D eigenvalue weighted by molar-refractivity contribution is -0.137. The molecule has 142 valence electrons. The van der Waals surface area contributed by atoms with Crippen LogP contribution in [0.15, 0.2) is 48.5 Å². The average molecular weight is 387 g/mol. The molecule has 0 radical (unpaired) electrons. The van der Waals surface area contributed by atoms with Gasteiger partial charge in [0.2, 0.25) is 0 Å². The highest BCUT2D eigenvalue weighted by Crippen LogP contribution is 2.31. The van der Waals surface area contributed by atoms with Gasteiger partial charge in [0.25, 0.3) is 0 Å². The third-order valence-electron chi connectivity index (χ3n) is 4.61. The Hall–Kier alpha value is -1.60. The summed E-state index contributed by atoms with van der Waals surface area (Å²) in [6.07, 6.45) is -4.32. The van der Waals surface area contributed by atoms with E-state index >= 15 is 0 Å². The van der Waals surface area contributed by atoms with E-state index < -0.39 is 11.7 Å². The first-order valence-corrected chi connectivity index (χ1v) is 8.32. The SMILES string of the molecule is Cl.OC[C@@H](c1ccc(-c2ccc(C(F)(F)F)cc2)cc1)N1CCNCC1. The molecule has 2 N–H and O–H groups in total. The molecular weight excluding hydrogens is 365 g/mol. The Bertz CT molecular complexity index is 683. The van der Waals surface area contributed by atoms with Gasteiger partial charge in [-0.3, -0.25) is 4.90 Å². The lowest BCUT2D eigenvalue weighted by Crippen LogP contribution is -2.46. The van der Waals surface area contributed by atoms with Crippen LogP contribution in [0.25, 0.3) is 11.1 Å². The molecule has 1 aliphatic rings. The Morgan fingerprint density at radius 3 is 1.88 bits per heavy atom. The summed E-state index contributed by atoms with van der Waals surface area (Å²) < 4.78 is 37.9. The first-order valence-electron chi connectivity index (χ1n) is 8.32. The van der Waals surface area contributed by atoms with Crippen LogP contribution in [0.4, 0.5) is 13.2 Å². The number of alkyl halides is 3. The number of aliphatic hydroxyl groups is 1. The fraction of sp³-hybridized carbons (Fsp3) is 0.368. The van der Waals surface area contributed by atoms with E-state index in [1.807, 2.05) is 24.3 Å². The predicted octanol–water partition coefficient (Wildman–Crippen LogP) is 3.73. The van der Waals surface area contributed by atoms with Gasteiger partial charge in [0.05, 0.1) is 18.2 Å². The number of hydrogen-bond donors (Lipinski definition) is 2. The molecule has 2 aromatic rings. The number of benzene rings is 2. The third-order valence-corrected chi connectivity index (χ3v) is 4.61. The quantitative estimate of drug-likeness (QED) is 0.840. The number of hydrogen-bond acceptors (Lipinski definition) is 3. The summed E-state index contributed by atoms with van der Waals surface area (Å²) in [5.41, 5.74) is 1.96. The molecule has 2 aromatic carbocycles. The molecule has 26 heavy (non-hydrogen) atoms. The maximum atomic E-state index is 12.6. The smallest absolute Gasteiger partial charge is 0.394 e. The molecule has 1 fully saturated rings. The van der Waals surface area contributed by atoms with Gasteiger partial charge in [-0.1, -0.05) is 36.4 Å². The summed E-state index contributed by atoms with van der Waals surface area (Å²) in [5, 5.41) is 13.0. The van der Waals surface area contributed by atoms with Crippen molar-refractivity contribution < 1.29 is 18.3 Å². The van der Waals surface area contributed by atoms with Crippen LogP contribution in [0.1, 0.15) is 17.2 Å². The lowest BCUT2D eigenvalue weighted by Gasteiger charge is -2.34. The topological polar surface area (TPSA) is 35.5 Å². The molecule has 7 heteroatoms. The maximum Gasteiger partial charge on any atom is 0.416 e. The lowest BCUT2D eigenvalue weighted by atomic mass is 9.99. The van der Waals surface area contributed by atoms with Gasteiger partial charge < -0.3 is 10.4 Å².